The summed E-state index contributed by atoms with van der Waals surface area (Å²) in [7, 11) is 0. The first-order valence-corrected chi connectivity index (χ1v) is 10.2. The molecule has 1 aliphatic heterocycles. The van der Waals surface area contributed by atoms with E-state index in [-0.39, 0.29) is 29.1 Å². The normalized spacial score (nSPS) is 21.6. The van der Waals surface area contributed by atoms with Gasteiger partial charge in [0.05, 0.1) is 22.0 Å². The molecule has 3 rings (SSSR count). The van der Waals surface area contributed by atoms with Crippen LogP contribution < -0.4 is 5.32 Å². The van der Waals surface area contributed by atoms with Crippen LogP contribution in [0.4, 0.5) is 4.39 Å². The van der Waals surface area contributed by atoms with Crippen molar-refractivity contribution in [2.75, 3.05) is 6.54 Å². The van der Waals surface area contributed by atoms with Crippen molar-refractivity contribution in [3.63, 3.8) is 0 Å². The summed E-state index contributed by atoms with van der Waals surface area (Å²) in [5.41, 5.74) is 1.30. The third kappa shape index (κ3) is 6.64. The molecule has 6 heteroatoms. The molecular weight excluding hydrogens is 418 g/mol. The van der Waals surface area contributed by atoms with E-state index in [1.165, 1.54) is 12.1 Å². The van der Waals surface area contributed by atoms with Crippen LogP contribution in [0.3, 0.4) is 0 Å². The van der Waals surface area contributed by atoms with Crippen molar-refractivity contribution in [1.82, 2.24) is 5.32 Å². The number of nitrogens with one attached hydrogen (secondary N) is 1. The van der Waals surface area contributed by atoms with Crippen LogP contribution in [0.1, 0.15) is 38.7 Å². The van der Waals surface area contributed by atoms with Gasteiger partial charge in [-0.15, -0.1) is 0 Å². The third-order valence-corrected chi connectivity index (χ3v) is 5.58. The summed E-state index contributed by atoms with van der Waals surface area (Å²) in [5.74, 6) is -0.133. The Morgan fingerprint density at radius 3 is 2.32 bits per heavy atom. The number of benzene rings is 2. The maximum Gasteiger partial charge on any atom is 0.124 e. The second kappa shape index (κ2) is 9.94. The molecule has 1 heterocycles. The Kier molecular flexibility index (Phi) is 8.16. The van der Waals surface area contributed by atoms with Crippen molar-refractivity contribution in [2.24, 2.45) is 11.3 Å². The van der Waals surface area contributed by atoms with E-state index in [2.05, 4.69) is 32.2 Å². The van der Waals surface area contributed by atoms with Gasteiger partial charge in [0.2, 0.25) is 0 Å². The van der Waals surface area contributed by atoms with Crippen LogP contribution in [0.2, 0.25) is 15.1 Å². The minimum absolute atomic E-state index is 0.0218. The van der Waals surface area contributed by atoms with Crippen molar-refractivity contribution in [2.45, 2.75) is 39.2 Å². The van der Waals surface area contributed by atoms with Crippen LogP contribution in [0, 0.1) is 28.5 Å². The zero-order valence-corrected chi connectivity index (χ0v) is 18.4. The molecule has 2 nitrogen and oxygen atoms in total. The lowest BCUT2D eigenvalue weighted by Crippen LogP contribution is -2.31. The van der Waals surface area contributed by atoms with E-state index >= 15 is 0 Å². The Morgan fingerprint density at radius 2 is 1.82 bits per heavy atom. The van der Waals surface area contributed by atoms with E-state index in [0.717, 1.165) is 18.5 Å². The molecule has 1 aliphatic rings. The number of nitriles is 1. The highest BCUT2D eigenvalue weighted by atomic mass is 35.5. The molecule has 2 aromatic carbocycles. The molecule has 3 atom stereocenters. The predicted molar refractivity (Wildman–Crippen MR) is 116 cm³/mol. The molecule has 1 N–H and O–H groups in total. The molecule has 0 aliphatic carbocycles. The zero-order valence-electron chi connectivity index (χ0n) is 16.1. The summed E-state index contributed by atoms with van der Waals surface area (Å²) in [4.78, 5) is 0. The van der Waals surface area contributed by atoms with Crippen LogP contribution in [0.25, 0.3) is 0 Å². The van der Waals surface area contributed by atoms with E-state index in [9.17, 15) is 9.65 Å². The van der Waals surface area contributed by atoms with Crippen LogP contribution in [0.15, 0.2) is 42.5 Å². The van der Waals surface area contributed by atoms with Crippen molar-refractivity contribution >= 4 is 34.8 Å². The molecule has 150 valence electrons. The average Bonchev–Trinajstić information content (AvgIpc) is 2.98. The highest BCUT2D eigenvalue weighted by Crippen LogP contribution is 2.38. The smallest absolute Gasteiger partial charge is 0.124 e. The molecule has 0 aromatic heterocycles. The quantitative estimate of drug-likeness (QED) is 0.539. The second-order valence-electron chi connectivity index (χ2n) is 8.15. The first-order chi connectivity index (χ1) is 13.1. The Morgan fingerprint density at radius 1 is 1.11 bits per heavy atom. The van der Waals surface area contributed by atoms with Crippen LogP contribution in [-0.4, -0.2) is 12.6 Å². The number of hydrogen-bond acceptors (Lipinski definition) is 2. The first kappa shape index (κ1) is 23.0. The van der Waals surface area contributed by atoms with Gasteiger partial charge in [-0.25, -0.2) is 4.39 Å². The van der Waals surface area contributed by atoms with Crippen LogP contribution in [0.5, 0.6) is 0 Å². The average molecular weight is 442 g/mol. The zero-order chi connectivity index (χ0) is 20.9. The fraction of sp³-hybridized carbons (Fsp3) is 0.409. The van der Waals surface area contributed by atoms with Gasteiger partial charge in [-0.2, -0.15) is 5.26 Å². The molecule has 1 saturated heterocycles. The van der Waals surface area contributed by atoms with Gasteiger partial charge < -0.3 is 5.32 Å². The van der Waals surface area contributed by atoms with Gasteiger partial charge in [-0.05, 0) is 47.7 Å². The summed E-state index contributed by atoms with van der Waals surface area (Å²) >= 11 is 17.5. The Labute approximate surface area is 181 Å². The molecule has 0 amide bonds. The standard InChI is InChI=1S/C16H20Cl2N2.C6H4ClF/c1-16(2,3)7-15-11(8-19)12(9-20-15)10-4-5-13(17)14(18)6-10;7-5-2-1-3-6(8)4-5/h4-6,11-12,15,20H,7,9H2,1-3H3;1-4H. The van der Waals surface area contributed by atoms with E-state index in [1.807, 2.05) is 18.2 Å². The Balaban J connectivity index is 0.000000292. The fourth-order valence-corrected chi connectivity index (χ4v) is 3.86. The van der Waals surface area contributed by atoms with Crippen molar-refractivity contribution in [3.05, 3.63) is 68.9 Å². The fourth-order valence-electron chi connectivity index (χ4n) is 3.38. The number of hydrogen-bond donors (Lipinski definition) is 1. The molecule has 0 radical (unpaired) electrons. The number of nitrogens with zero attached hydrogens (tertiary/aromatic N) is 1. The summed E-state index contributed by atoms with van der Waals surface area (Å²) in [5, 5.41) is 14.6. The molecular formula is C22H24Cl3FN2. The van der Waals surface area contributed by atoms with Gasteiger partial charge in [0.15, 0.2) is 0 Å². The minimum Gasteiger partial charge on any atom is -0.312 e. The van der Waals surface area contributed by atoms with Gasteiger partial charge in [0, 0.05) is 23.5 Å². The van der Waals surface area contributed by atoms with Gasteiger partial charge in [0.1, 0.15) is 5.82 Å². The SMILES string of the molecule is CC(C)(C)CC1NCC(c2ccc(Cl)c(Cl)c2)C1C#N.Fc1cccc(Cl)c1. The lowest BCUT2D eigenvalue weighted by Gasteiger charge is -2.25. The molecule has 0 saturated carbocycles. The second-order valence-corrected chi connectivity index (χ2v) is 9.41. The van der Waals surface area contributed by atoms with E-state index in [1.54, 1.807) is 12.1 Å². The predicted octanol–water partition coefficient (Wildman–Crippen LogP) is 7.10. The summed E-state index contributed by atoms with van der Waals surface area (Å²) < 4.78 is 12.1. The molecule has 2 aromatic rings. The summed E-state index contributed by atoms with van der Waals surface area (Å²) in [6.07, 6.45) is 0.989. The molecule has 1 fully saturated rings. The minimum atomic E-state index is -0.294. The van der Waals surface area contributed by atoms with E-state index in [0.29, 0.717) is 15.1 Å². The topological polar surface area (TPSA) is 35.8 Å². The summed E-state index contributed by atoms with van der Waals surface area (Å²) in [6, 6.07) is 14.2. The molecule has 28 heavy (non-hydrogen) atoms. The van der Waals surface area contributed by atoms with Crippen molar-refractivity contribution in [3.8, 4) is 6.07 Å². The molecule has 3 unspecified atom stereocenters. The molecule has 0 spiro atoms. The number of rotatable bonds is 2. The lowest BCUT2D eigenvalue weighted by molar-refractivity contribution is 0.304. The van der Waals surface area contributed by atoms with Crippen molar-refractivity contribution in [1.29, 1.82) is 5.26 Å². The maximum atomic E-state index is 12.1. The lowest BCUT2D eigenvalue weighted by atomic mass is 9.79. The highest BCUT2D eigenvalue weighted by molar-refractivity contribution is 6.42. The Bertz CT molecular complexity index is 825. The monoisotopic (exact) mass is 440 g/mol. The van der Waals surface area contributed by atoms with Crippen molar-refractivity contribution < 1.29 is 4.39 Å². The maximum absolute atomic E-state index is 12.1. The van der Waals surface area contributed by atoms with Crippen LogP contribution >= 0.6 is 34.8 Å². The first-order valence-electron chi connectivity index (χ1n) is 9.10. The molecule has 0 bridgehead atoms. The Hall–Kier alpha value is -1.31. The van der Waals surface area contributed by atoms with Gasteiger partial charge in [0.25, 0.3) is 0 Å². The van der Waals surface area contributed by atoms with Gasteiger partial charge >= 0.3 is 0 Å². The van der Waals surface area contributed by atoms with Gasteiger partial charge in [-0.3, -0.25) is 0 Å². The largest absolute Gasteiger partial charge is 0.312 e. The summed E-state index contributed by atoms with van der Waals surface area (Å²) in [6.45, 7) is 7.43. The highest BCUT2D eigenvalue weighted by Gasteiger charge is 2.38. The third-order valence-electron chi connectivity index (χ3n) is 4.61. The van der Waals surface area contributed by atoms with E-state index < -0.39 is 0 Å². The van der Waals surface area contributed by atoms with Gasteiger partial charge in [-0.1, -0.05) is 67.7 Å². The van der Waals surface area contributed by atoms with E-state index in [4.69, 9.17) is 34.8 Å². The van der Waals surface area contributed by atoms with Crippen LogP contribution in [-0.2, 0) is 0 Å². The number of halogens is 4.